The van der Waals surface area contributed by atoms with Crippen LogP contribution in [0.4, 0.5) is 0 Å². The van der Waals surface area contributed by atoms with Gasteiger partial charge in [0.25, 0.3) is 0 Å². The van der Waals surface area contributed by atoms with Crippen LogP contribution in [0.15, 0.2) is 58.2 Å². The predicted molar refractivity (Wildman–Crippen MR) is 104 cm³/mol. The van der Waals surface area contributed by atoms with Crippen molar-refractivity contribution in [2.24, 2.45) is 0 Å². The summed E-state index contributed by atoms with van der Waals surface area (Å²) in [6, 6.07) is 15.6. The zero-order valence-electron chi connectivity index (χ0n) is 15.4. The molecule has 0 bridgehead atoms. The van der Waals surface area contributed by atoms with Crippen LogP contribution in [0.2, 0.25) is 0 Å². The van der Waals surface area contributed by atoms with Crippen LogP contribution in [0, 0.1) is 6.92 Å². The number of rotatable bonds is 7. The van der Waals surface area contributed by atoms with Crippen molar-refractivity contribution in [3.8, 4) is 22.8 Å². The first-order valence-electron chi connectivity index (χ1n) is 8.77. The summed E-state index contributed by atoms with van der Waals surface area (Å²) in [5, 5.41) is 16.7. The van der Waals surface area contributed by atoms with Crippen molar-refractivity contribution in [1.82, 2.24) is 30.3 Å². The lowest BCUT2D eigenvalue weighted by atomic mass is 10.1. The first-order chi connectivity index (χ1) is 13.7. The van der Waals surface area contributed by atoms with Gasteiger partial charge >= 0.3 is 0 Å². The maximum absolute atomic E-state index is 5.67. The Morgan fingerprint density at radius 1 is 1.11 bits per heavy atom. The predicted octanol–water partition coefficient (Wildman–Crippen LogP) is 3.71. The topological polar surface area (TPSA) is 91.8 Å². The first kappa shape index (κ1) is 18.2. The van der Waals surface area contributed by atoms with Gasteiger partial charge in [-0.05, 0) is 36.4 Å². The van der Waals surface area contributed by atoms with E-state index in [0.29, 0.717) is 29.2 Å². The highest BCUT2D eigenvalue weighted by Crippen LogP contribution is 2.27. The van der Waals surface area contributed by atoms with E-state index in [9.17, 15) is 0 Å². The standard InChI is InChI=1S/C19H18N6O2S/c1-3-26-16-7-5-4-6-15(16)25-19(21-23-24-25)28-12-17-20-18(22-27-17)14-10-8-13(2)9-11-14/h4-11H,3,12H2,1-2H3. The number of ether oxygens (including phenoxy) is 1. The summed E-state index contributed by atoms with van der Waals surface area (Å²) in [7, 11) is 0. The maximum Gasteiger partial charge on any atom is 0.237 e. The van der Waals surface area contributed by atoms with Crippen molar-refractivity contribution in [1.29, 1.82) is 0 Å². The van der Waals surface area contributed by atoms with Crippen LogP contribution in [-0.4, -0.2) is 37.0 Å². The fraction of sp³-hybridized carbons (Fsp3) is 0.211. The smallest absolute Gasteiger partial charge is 0.237 e. The summed E-state index contributed by atoms with van der Waals surface area (Å²) in [5.74, 6) is 2.25. The Kier molecular flexibility index (Phi) is 5.34. The minimum Gasteiger partial charge on any atom is -0.492 e. The van der Waals surface area contributed by atoms with Gasteiger partial charge in [-0.2, -0.15) is 9.67 Å². The molecule has 0 atom stereocenters. The van der Waals surface area contributed by atoms with Crippen LogP contribution in [0.1, 0.15) is 18.4 Å². The van der Waals surface area contributed by atoms with Gasteiger partial charge in [0.1, 0.15) is 11.4 Å². The Hall–Kier alpha value is -3.20. The van der Waals surface area contributed by atoms with Crippen LogP contribution < -0.4 is 4.74 Å². The molecule has 2 aromatic carbocycles. The highest BCUT2D eigenvalue weighted by molar-refractivity contribution is 7.98. The molecule has 8 nitrogen and oxygen atoms in total. The molecule has 0 unspecified atom stereocenters. The Morgan fingerprint density at radius 2 is 1.93 bits per heavy atom. The van der Waals surface area contributed by atoms with Crippen molar-refractivity contribution >= 4 is 11.8 Å². The van der Waals surface area contributed by atoms with E-state index in [2.05, 4.69) is 25.7 Å². The number of hydrogen-bond donors (Lipinski definition) is 0. The van der Waals surface area contributed by atoms with Crippen molar-refractivity contribution in [2.75, 3.05) is 6.61 Å². The first-order valence-corrected chi connectivity index (χ1v) is 9.76. The van der Waals surface area contributed by atoms with E-state index in [1.165, 1.54) is 17.3 Å². The van der Waals surface area contributed by atoms with Crippen molar-refractivity contribution < 1.29 is 9.26 Å². The molecule has 0 radical (unpaired) electrons. The number of hydrogen-bond acceptors (Lipinski definition) is 8. The van der Waals surface area contributed by atoms with E-state index >= 15 is 0 Å². The second kappa shape index (κ2) is 8.22. The molecule has 0 aliphatic heterocycles. The maximum atomic E-state index is 5.67. The highest BCUT2D eigenvalue weighted by atomic mass is 32.2. The van der Waals surface area contributed by atoms with Gasteiger partial charge in [-0.1, -0.05) is 58.9 Å². The van der Waals surface area contributed by atoms with E-state index in [1.807, 2.05) is 62.4 Å². The zero-order valence-corrected chi connectivity index (χ0v) is 16.3. The number of tetrazole rings is 1. The Labute approximate surface area is 165 Å². The summed E-state index contributed by atoms with van der Waals surface area (Å²) >= 11 is 1.41. The minimum absolute atomic E-state index is 0.454. The van der Waals surface area contributed by atoms with Crippen LogP contribution in [0.3, 0.4) is 0 Å². The van der Waals surface area contributed by atoms with Crippen LogP contribution in [0.5, 0.6) is 5.75 Å². The lowest BCUT2D eigenvalue weighted by Gasteiger charge is -2.10. The highest BCUT2D eigenvalue weighted by Gasteiger charge is 2.15. The van der Waals surface area contributed by atoms with E-state index in [4.69, 9.17) is 9.26 Å². The summed E-state index contributed by atoms with van der Waals surface area (Å²) in [6.07, 6.45) is 0. The van der Waals surface area contributed by atoms with Gasteiger partial charge in [-0.15, -0.1) is 5.10 Å². The SMILES string of the molecule is CCOc1ccccc1-n1nnnc1SCc1nc(-c2ccc(C)cc2)no1. The van der Waals surface area contributed by atoms with E-state index in [0.717, 1.165) is 17.0 Å². The van der Waals surface area contributed by atoms with Gasteiger partial charge in [-0.25, -0.2) is 0 Å². The molecule has 9 heteroatoms. The molecule has 142 valence electrons. The van der Waals surface area contributed by atoms with Crippen molar-refractivity contribution in [2.45, 2.75) is 24.8 Å². The summed E-state index contributed by atoms with van der Waals surface area (Å²) in [6.45, 7) is 4.54. The van der Waals surface area contributed by atoms with E-state index in [-0.39, 0.29) is 0 Å². The molecule has 0 saturated carbocycles. The molecule has 0 saturated heterocycles. The van der Waals surface area contributed by atoms with Gasteiger partial charge in [0.2, 0.25) is 16.9 Å². The average molecular weight is 394 g/mol. The van der Waals surface area contributed by atoms with E-state index < -0.39 is 0 Å². The van der Waals surface area contributed by atoms with E-state index in [1.54, 1.807) is 4.68 Å². The fourth-order valence-corrected chi connectivity index (χ4v) is 3.31. The molecule has 0 aliphatic rings. The average Bonchev–Trinajstić information content (AvgIpc) is 3.37. The fourth-order valence-electron chi connectivity index (χ4n) is 2.59. The summed E-state index contributed by atoms with van der Waals surface area (Å²) < 4.78 is 12.7. The van der Waals surface area contributed by atoms with Crippen LogP contribution in [-0.2, 0) is 5.75 Å². The molecule has 0 spiro atoms. The molecule has 0 fully saturated rings. The molecule has 0 amide bonds. The molecule has 0 aliphatic carbocycles. The second-order valence-corrected chi connectivity index (χ2v) is 6.88. The molecule has 2 aromatic heterocycles. The molecule has 0 N–H and O–H groups in total. The normalized spacial score (nSPS) is 10.9. The third kappa shape index (κ3) is 3.89. The number of para-hydroxylation sites is 2. The number of benzene rings is 2. The summed E-state index contributed by atoms with van der Waals surface area (Å²) in [5.41, 5.74) is 2.88. The van der Waals surface area contributed by atoms with Crippen LogP contribution >= 0.6 is 11.8 Å². The molecule has 2 heterocycles. The van der Waals surface area contributed by atoms with Gasteiger partial charge in [0, 0.05) is 5.56 Å². The second-order valence-electron chi connectivity index (χ2n) is 5.94. The van der Waals surface area contributed by atoms with Gasteiger partial charge in [-0.3, -0.25) is 0 Å². The molecule has 4 rings (SSSR count). The third-order valence-electron chi connectivity index (χ3n) is 3.94. The monoisotopic (exact) mass is 394 g/mol. The largest absolute Gasteiger partial charge is 0.492 e. The Bertz CT molecular complexity index is 1060. The van der Waals surface area contributed by atoms with Gasteiger partial charge < -0.3 is 9.26 Å². The Balaban J connectivity index is 1.50. The number of aromatic nitrogens is 6. The lowest BCUT2D eigenvalue weighted by molar-refractivity contribution is 0.337. The zero-order chi connectivity index (χ0) is 19.3. The molecular formula is C19H18N6O2S. The minimum atomic E-state index is 0.454. The number of aryl methyl sites for hydroxylation is 1. The summed E-state index contributed by atoms with van der Waals surface area (Å²) in [4.78, 5) is 4.46. The van der Waals surface area contributed by atoms with Crippen LogP contribution in [0.25, 0.3) is 17.1 Å². The van der Waals surface area contributed by atoms with Gasteiger partial charge in [0.05, 0.1) is 12.4 Å². The third-order valence-corrected chi connectivity index (χ3v) is 4.84. The lowest BCUT2D eigenvalue weighted by Crippen LogP contribution is -2.03. The molecule has 28 heavy (non-hydrogen) atoms. The molecule has 4 aromatic rings. The number of thioether (sulfide) groups is 1. The number of nitrogens with zero attached hydrogens (tertiary/aromatic N) is 6. The van der Waals surface area contributed by atoms with Crippen molar-refractivity contribution in [3.63, 3.8) is 0 Å². The van der Waals surface area contributed by atoms with Crippen molar-refractivity contribution in [3.05, 3.63) is 60.0 Å². The Morgan fingerprint density at radius 3 is 2.75 bits per heavy atom. The molecular weight excluding hydrogens is 376 g/mol. The quantitative estimate of drug-likeness (QED) is 0.438. The van der Waals surface area contributed by atoms with Gasteiger partial charge in [0.15, 0.2) is 0 Å².